The van der Waals surface area contributed by atoms with Crippen LogP contribution in [-0.4, -0.2) is 27.7 Å². The van der Waals surface area contributed by atoms with Gasteiger partial charge in [-0.15, -0.1) is 0 Å². The molecule has 2 aliphatic rings. The van der Waals surface area contributed by atoms with Crippen LogP contribution in [0.15, 0.2) is 35.5 Å². The second kappa shape index (κ2) is 4.10. The third-order valence-electron chi connectivity index (χ3n) is 4.21. The summed E-state index contributed by atoms with van der Waals surface area (Å²) in [6.45, 7) is 6.63. The maximum atomic E-state index is 6.02. The van der Waals surface area contributed by atoms with Gasteiger partial charge in [-0.3, -0.25) is 0 Å². The second-order valence-electron chi connectivity index (χ2n) is 6.05. The molecule has 3 heterocycles. The van der Waals surface area contributed by atoms with Gasteiger partial charge in [-0.1, -0.05) is 23.4 Å². The van der Waals surface area contributed by atoms with E-state index < -0.39 is 0 Å². The number of hydrogen-bond donors (Lipinski definition) is 0. The molecule has 21 heavy (non-hydrogen) atoms. The highest BCUT2D eigenvalue weighted by Crippen LogP contribution is 2.40. The average molecular weight is 283 g/mol. The van der Waals surface area contributed by atoms with Crippen molar-refractivity contribution in [2.24, 2.45) is 11.1 Å². The second-order valence-corrected chi connectivity index (χ2v) is 6.05. The summed E-state index contributed by atoms with van der Waals surface area (Å²) in [5.41, 5.74) is 3.51. The van der Waals surface area contributed by atoms with Crippen LogP contribution in [0.4, 0.5) is 0 Å². The van der Waals surface area contributed by atoms with E-state index in [2.05, 4.69) is 10.3 Å². The molecule has 0 saturated heterocycles. The summed E-state index contributed by atoms with van der Waals surface area (Å²) in [5.74, 6) is 0.909. The smallest absolute Gasteiger partial charge is 0.226 e. The third-order valence-corrected chi connectivity index (χ3v) is 4.21. The normalized spacial score (nSPS) is 21.9. The fraction of sp³-hybridized carbons (Fsp3) is 0.375. The molecule has 0 spiro atoms. The first kappa shape index (κ1) is 12.4. The zero-order valence-corrected chi connectivity index (χ0v) is 12.3. The topological polar surface area (TPSA) is 48.6 Å². The Morgan fingerprint density at radius 3 is 2.76 bits per heavy atom. The van der Waals surface area contributed by atoms with Gasteiger partial charge >= 0.3 is 0 Å². The molecule has 1 unspecified atom stereocenters. The van der Waals surface area contributed by atoms with Crippen molar-refractivity contribution in [1.82, 2.24) is 9.78 Å². The summed E-state index contributed by atoms with van der Waals surface area (Å²) in [6, 6.07) is 9.99. The Morgan fingerprint density at radius 2 is 2.00 bits per heavy atom. The Hall–Kier alpha value is -2.30. The number of ether oxygens (including phenoxy) is 1. The zero-order chi connectivity index (χ0) is 14.6. The van der Waals surface area contributed by atoms with Gasteiger partial charge in [0.25, 0.3) is 0 Å². The number of benzene rings is 1. The average Bonchev–Trinajstić information content (AvgIpc) is 2.98. The number of rotatable bonds is 1. The van der Waals surface area contributed by atoms with Gasteiger partial charge in [0.05, 0.1) is 22.9 Å². The number of aryl methyl sites for hydroxylation is 1. The largest absolute Gasteiger partial charge is 0.476 e. The van der Waals surface area contributed by atoms with Gasteiger partial charge in [0.1, 0.15) is 17.9 Å². The molecule has 0 aliphatic carbocycles. The molecular formula is C16H17N3O2. The first-order chi connectivity index (χ1) is 10.1. The number of para-hydroxylation sites is 1. The van der Waals surface area contributed by atoms with Gasteiger partial charge in [0.2, 0.25) is 5.88 Å². The summed E-state index contributed by atoms with van der Waals surface area (Å²) in [4.78, 5) is 5.59. The minimum atomic E-state index is -0.325. The van der Waals surface area contributed by atoms with Crippen LogP contribution >= 0.6 is 0 Å². The summed E-state index contributed by atoms with van der Waals surface area (Å²) in [6.07, 6.45) is 0. The lowest BCUT2D eigenvalue weighted by atomic mass is 9.84. The summed E-state index contributed by atoms with van der Waals surface area (Å²) < 4.78 is 7.86. The van der Waals surface area contributed by atoms with E-state index in [4.69, 9.17) is 9.57 Å². The van der Waals surface area contributed by atoms with Crippen molar-refractivity contribution < 1.29 is 9.57 Å². The molecule has 2 aromatic rings. The van der Waals surface area contributed by atoms with Crippen LogP contribution in [0.3, 0.4) is 0 Å². The highest BCUT2D eigenvalue weighted by atomic mass is 16.7. The molecule has 2 aliphatic heterocycles. The lowest BCUT2D eigenvalue weighted by Gasteiger charge is -2.28. The van der Waals surface area contributed by atoms with Crippen LogP contribution in [0.1, 0.15) is 25.1 Å². The quantitative estimate of drug-likeness (QED) is 0.808. The lowest BCUT2D eigenvalue weighted by molar-refractivity contribution is -0.0245. The first-order valence-electron chi connectivity index (χ1n) is 7.12. The number of fused-ring (bicyclic) bond motifs is 3. The summed E-state index contributed by atoms with van der Waals surface area (Å²) in [5, 5.41) is 8.93. The van der Waals surface area contributed by atoms with E-state index in [1.54, 1.807) is 0 Å². The van der Waals surface area contributed by atoms with Crippen molar-refractivity contribution in [2.45, 2.75) is 26.4 Å². The van der Waals surface area contributed by atoms with Crippen molar-refractivity contribution in [1.29, 1.82) is 0 Å². The Morgan fingerprint density at radius 1 is 1.24 bits per heavy atom. The Labute approximate surface area is 123 Å². The van der Waals surface area contributed by atoms with E-state index in [1.165, 1.54) is 0 Å². The predicted molar refractivity (Wildman–Crippen MR) is 79.0 cm³/mol. The SMILES string of the molecule is Cc1nn(-c2ccccc2)c2c1C1=NOC(C)(C)C1CO2. The minimum Gasteiger partial charge on any atom is -0.476 e. The first-order valence-corrected chi connectivity index (χ1v) is 7.12. The van der Waals surface area contributed by atoms with E-state index in [0.29, 0.717) is 6.61 Å². The molecule has 1 aromatic heterocycles. The molecule has 1 atom stereocenters. The van der Waals surface area contributed by atoms with Crippen molar-refractivity contribution in [3.8, 4) is 11.6 Å². The maximum absolute atomic E-state index is 6.02. The van der Waals surface area contributed by atoms with Crippen molar-refractivity contribution in [3.63, 3.8) is 0 Å². The molecule has 0 N–H and O–H groups in total. The minimum absolute atomic E-state index is 0.150. The molecular weight excluding hydrogens is 266 g/mol. The van der Waals surface area contributed by atoms with E-state index in [0.717, 1.165) is 28.5 Å². The highest BCUT2D eigenvalue weighted by molar-refractivity contribution is 6.07. The van der Waals surface area contributed by atoms with Crippen LogP contribution in [0.25, 0.3) is 5.69 Å². The summed E-state index contributed by atoms with van der Waals surface area (Å²) >= 11 is 0. The standard InChI is InChI=1S/C16H17N3O2/c1-10-13-14-12(16(2,3)21-18-14)9-20-15(13)19(17-10)11-7-5-4-6-8-11/h4-8,12H,9H2,1-3H3. The van der Waals surface area contributed by atoms with Gasteiger partial charge in [-0.25, -0.2) is 4.68 Å². The zero-order valence-electron chi connectivity index (χ0n) is 12.3. The molecule has 0 saturated carbocycles. The van der Waals surface area contributed by atoms with Gasteiger partial charge in [-0.2, -0.15) is 5.10 Å². The molecule has 0 fully saturated rings. The molecule has 1 aromatic carbocycles. The van der Waals surface area contributed by atoms with Gasteiger partial charge < -0.3 is 9.57 Å². The molecule has 0 amide bonds. The van der Waals surface area contributed by atoms with E-state index in [-0.39, 0.29) is 11.5 Å². The lowest BCUT2D eigenvalue weighted by Crippen LogP contribution is -2.40. The number of oxime groups is 1. The Bertz CT molecular complexity index is 731. The van der Waals surface area contributed by atoms with Crippen LogP contribution in [-0.2, 0) is 4.84 Å². The molecule has 0 bridgehead atoms. The van der Waals surface area contributed by atoms with E-state index >= 15 is 0 Å². The Kier molecular flexibility index (Phi) is 2.43. The van der Waals surface area contributed by atoms with Gasteiger partial charge in [0, 0.05) is 0 Å². The van der Waals surface area contributed by atoms with E-state index in [1.807, 2.05) is 55.8 Å². The summed E-state index contributed by atoms with van der Waals surface area (Å²) in [7, 11) is 0. The van der Waals surface area contributed by atoms with Crippen molar-refractivity contribution in [3.05, 3.63) is 41.6 Å². The van der Waals surface area contributed by atoms with E-state index in [9.17, 15) is 0 Å². The van der Waals surface area contributed by atoms with Crippen LogP contribution < -0.4 is 4.74 Å². The number of nitrogens with zero attached hydrogens (tertiary/aromatic N) is 3. The van der Waals surface area contributed by atoms with Gasteiger partial charge in [0.15, 0.2) is 0 Å². The molecule has 5 heteroatoms. The third kappa shape index (κ3) is 1.70. The predicted octanol–water partition coefficient (Wildman–Crippen LogP) is 2.70. The monoisotopic (exact) mass is 283 g/mol. The maximum Gasteiger partial charge on any atom is 0.226 e. The molecule has 4 rings (SSSR count). The molecule has 0 radical (unpaired) electrons. The number of aromatic nitrogens is 2. The molecule has 108 valence electrons. The van der Waals surface area contributed by atoms with Crippen molar-refractivity contribution in [2.75, 3.05) is 6.61 Å². The highest BCUT2D eigenvalue weighted by Gasteiger charge is 2.47. The van der Waals surface area contributed by atoms with Crippen LogP contribution in [0.2, 0.25) is 0 Å². The van der Waals surface area contributed by atoms with Crippen LogP contribution in [0.5, 0.6) is 5.88 Å². The van der Waals surface area contributed by atoms with Gasteiger partial charge in [-0.05, 0) is 32.9 Å². The van der Waals surface area contributed by atoms with Crippen LogP contribution in [0, 0.1) is 12.8 Å². The number of hydrogen-bond acceptors (Lipinski definition) is 4. The molecule has 5 nitrogen and oxygen atoms in total. The fourth-order valence-corrected chi connectivity index (χ4v) is 2.96. The van der Waals surface area contributed by atoms with Crippen molar-refractivity contribution >= 4 is 5.71 Å². The Balaban J connectivity index is 1.87. The fourth-order valence-electron chi connectivity index (χ4n) is 2.96.